The van der Waals surface area contributed by atoms with Gasteiger partial charge in [-0.3, -0.25) is 4.79 Å². The van der Waals surface area contributed by atoms with Crippen molar-refractivity contribution < 1.29 is 19.1 Å². The average Bonchev–Trinajstić information content (AvgIpc) is 3.24. The van der Waals surface area contributed by atoms with E-state index in [2.05, 4.69) is 22.4 Å². The summed E-state index contributed by atoms with van der Waals surface area (Å²) in [5, 5.41) is 2.85. The smallest absolute Gasteiger partial charge is 0.340 e. The Hall–Kier alpha value is -3.16. The SMILES string of the molecule is CSc1ccc(C(OC2Cc3ccccc3C2)C(=O)Nc2ccc(C(=O)OC(C)(C)C)cn2)cc1. The molecule has 1 amide bonds. The van der Waals surface area contributed by atoms with E-state index in [4.69, 9.17) is 9.47 Å². The van der Waals surface area contributed by atoms with Crippen molar-refractivity contribution in [1.29, 1.82) is 0 Å². The number of carbonyl (C=O) groups excluding carboxylic acids is 2. The number of anilines is 1. The molecule has 0 saturated carbocycles. The minimum absolute atomic E-state index is 0.0918. The number of nitrogens with one attached hydrogen (secondary N) is 1. The summed E-state index contributed by atoms with van der Waals surface area (Å²) in [6, 6.07) is 19.3. The summed E-state index contributed by atoms with van der Waals surface area (Å²) >= 11 is 1.64. The van der Waals surface area contributed by atoms with Crippen LogP contribution in [-0.2, 0) is 27.1 Å². The Balaban J connectivity index is 1.49. The van der Waals surface area contributed by atoms with Crippen LogP contribution in [0.25, 0.3) is 0 Å². The number of hydrogen-bond donors (Lipinski definition) is 1. The van der Waals surface area contributed by atoms with Crippen LogP contribution in [-0.4, -0.2) is 34.8 Å². The number of pyridine rings is 1. The van der Waals surface area contributed by atoms with Crippen LogP contribution < -0.4 is 5.32 Å². The van der Waals surface area contributed by atoms with Crippen molar-refractivity contribution in [1.82, 2.24) is 4.98 Å². The molecule has 1 unspecified atom stereocenters. The third kappa shape index (κ3) is 6.50. The third-order valence-corrected chi connectivity index (χ3v) is 6.39. The van der Waals surface area contributed by atoms with Gasteiger partial charge in [-0.05, 0) is 80.8 Å². The van der Waals surface area contributed by atoms with E-state index in [9.17, 15) is 9.59 Å². The largest absolute Gasteiger partial charge is 0.456 e. The first-order valence-electron chi connectivity index (χ1n) is 11.6. The Labute approximate surface area is 210 Å². The molecule has 0 saturated heterocycles. The average molecular weight is 491 g/mol. The number of aromatic nitrogens is 1. The topological polar surface area (TPSA) is 77.5 Å². The zero-order valence-corrected chi connectivity index (χ0v) is 21.2. The minimum atomic E-state index is -0.794. The van der Waals surface area contributed by atoms with Gasteiger partial charge in [-0.15, -0.1) is 11.8 Å². The zero-order chi connectivity index (χ0) is 25.0. The lowest BCUT2D eigenvalue weighted by Gasteiger charge is -2.22. The number of hydrogen-bond acceptors (Lipinski definition) is 6. The molecule has 2 aromatic carbocycles. The fraction of sp³-hybridized carbons (Fsp3) is 0.321. The number of rotatable bonds is 7. The molecule has 1 heterocycles. The van der Waals surface area contributed by atoms with Crippen LogP contribution >= 0.6 is 11.8 Å². The predicted molar refractivity (Wildman–Crippen MR) is 138 cm³/mol. The first kappa shape index (κ1) is 24.9. The molecule has 0 bridgehead atoms. The van der Waals surface area contributed by atoms with Crippen molar-refractivity contribution in [2.75, 3.05) is 11.6 Å². The molecule has 1 atom stereocenters. The molecular weight excluding hydrogens is 460 g/mol. The highest BCUT2D eigenvalue weighted by molar-refractivity contribution is 7.98. The predicted octanol–water partition coefficient (Wildman–Crippen LogP) is 5.62. The standard InChI is InChI=1S/C28H30N2O4S/c1-28(2,3)34-27(32)21-11-14-24(29-17-21)30-26(31)25(18-9-12-23(35-4)13-10-18)33-22-15-19-7-5-6-8-20(19)16-22/h5-14,17,22,25H,15-16H2,1-4H3,(H,29,30,31). The second-order valence-corrected chi connectivity index (χ2v) is 10.4. The molecule has 0 fully saturated rings. The van der Waals surface area contributed by atoms with Gasteiger partial charge in [-0.1, -0.05) is 36.4 Å². The van der Waals surface area contributed by atoms with Crippen LogP contribution in [0.4, 0.5) is 5.82 Å². The van der Waals surface area contributed by atoms with E-state index < -0.39 is 17.7 Å². The number of esters is 1. The molecule has 0 spiro atoms. The van der Waals surface area contributed by atoms with E-state index in [0.29, 0.717) is 11.4 Å². The molecule has 1 N–H and O–H groups in total. The molecule has 7 heteroatoms. The quantitative estimate of drug-likeness (QED) is 0.342. The maximum absolute atomic E-state index is 13.4. The second kappa shape index (κ2) is 10.6. The van der Waals surface area contributed by atoms with Gasteiger partial charge in [0.05, 0.1) is 11.7 Å². The number of benzene rings is 2. The fourth-order valence-electron chi connectivity index (χ4n) is 3.99. The molecule has 35 heavy (non-hydrogen) atoms. The van der Waals surface area contributed by atoms with Crippen LogP contribution in [0, 0.1) is 0 Å². The van der Waals surface area contributed by atoms with E-state index >= 15 is 0 Å². The van der Waals surface area contributed by atoms with Crippen LogP contribution in [0.5, 0.6) is 0 Å². The van der Waals surface area contributed by atoms with Gasteiger partial charge >= 0.3 is 5.97 Å². The second-order valence-electron chi connectivity index (χ2n) is 9.51. The summed E-state index contributed by atoms with van der Waals surface area (Å²) in [5.74, 6) is -0.430. The normalized spacial score (nSPS) is 14.3. The van der Waals surface area contributed by atoms with E-state index in [1.165, 1.54) is 17.3 Å². The van der Waals surface area contributed by atoms with Gasteiger partial charge in [0.25, 0.3) is 5.91 Å². The lowest BCUT2D eigenvalue weighted by atomic mass is 10.1. The Morgan fingerprint density at radius 3 is 2.20 bits per heavy atom. The van der Waals surface area contributed by atoms with Gasteiger partial charge in [0.1, 0.15) is 11.4 Å². The number of carbonyl (C=O) groups is 2. The number of nitrogens with zero attached hydrogens (tertiary/aromatic N) is 1. The van der Waals surface area contributed by atoms with Gasteiger partial charge in [-0.2, -0.15) is 0 Å². The summed E-state index contributed by atoms with van der Waals surface area (Å²) < 4.78 is 11.8. The van der Waals surface area contributed by atoms with Crippen molar-refractivity contribution in [3.63, 3.8) is 0 Å². The molecule has 0 aliphatic heterocycles. The Bertz CT molecular complexity index is 1160. The Morgan fingerprint density at radius 2 is 1.66 bits per heavy atom. The molecule has 3 aromatic rings. The Morgan fingerprint density at radius 1 is 1.00 bits per heavy atom. The number of thioether (sulfide) groups is 1. The molecular formula is C28H30N2O4S. The lowest BCUT2D eigenvalue weighted by molar-refractivity contribution is -0.131. The van der Waals surface area contributed by atoms with Gasteiger partial charge in [0.15, 0.2) is 6.10 Å². The maximum Gasteiger partial charge on any atom is 0.340 e. The highest BCUT2D eigenvalue weighted by Crippen LogP contribution is 2.30. The van der Waals surface area contributed by atoms with Crippen molar-refractivity contribution in [3.05, 3.63) is 89.1 Å². The van der Waals surface area contributed by atoms with Crippen molar-refractivity contribution in [2.24, 2.45) is 0 Å². The summed E-state index contributed by atoms with van der Waals surface area (Å²) in [6.45, 7) is 5.42. The van der Waals surface area contributed by atoms with Crippen LogP contribution in [0.2, 0.25) is 0 Å². The summed E-state index contributed by atoms with van der Waals surface area (Å²) in [5.41, 5.74) is 3.02. The van der Waals surface area contributed by atoms with Crippen LogP contribution in [0.15, 0.2) is 71.8 Å². The highest BCUT2D eigenvalue weighted by Gasteiger charge is 2.30. The van der Waals surface area contributed by atoms with Gasteiger partial charge in [0, 0.05) is 11.1 Å². The first-order chi connectivity index (χ1) is 16.7. The van der Waals surface area contributed by atoms with Gasteiger partial charge in [0.2, 0.25) is 0 Å². The third-order valence-electron chi connectivity index (χ3n) is 5.65. The molecule has 1 aliphatic carbocycles. The van der Waals surface area contributed by atoms with E-state index in [0.717, 1.165) is 23.3 Å². The van der Waals surface area contributed by atoms with E-state index in [1.54, 1.807) is 23.9 Å². The lowest BCUT2D eigenvalue weighted by Crippen LogP contribution is -2.28. The summed E-state index contributed by atoms with van der Waals surface area (Å²) in [4.78, 5) is 31.0. The molecule has 4 rings (SSSR count). The van der Waals surface area contributed by atoms with Crippen molar-refractivity contribution >= 4 is 29.5 Å². The van der Waals surface area contributed by atoms with Gasteiger partial charge < -0.3 is 14.8 Å². The first-order valence-corrected chi connectivity index (χ1v) is 12.8. The monoisotopic (exact) mass is 490 g/mol. The van der Waals surface area contributed by atoms with Crippen LogP contribution in [0.3, 0.4) is 0 Å². The van der Waals surface area contributed by atoms with Gasteiger partial charge in [-0.25, -0.2) is 9.78 Å². The highest BCUT2D eigenvalue weighted by atomic mass is 32.2. The summed E-state index contributed by atoms with van der Waals surface area (Å²) in [6.07, 6.45) is 4.07. The number of fused-ring (bicyclic) bond motifs is 1. The van der Waals surface area contributed by atoms with E-state index in [-0.39, 0.29) is 12.0 Å². The minimum Gasteiger partial charge on any atom is -0.456 e. The molecule has 1 aromatic heterocycles. The number of ether oxygens (including phenoxy) is 2. The molecule has 1 aliphatic rings. The fourth-order valence-corrected chi connectivity index (χ4v) is 4.40. The molecule has 182 valence electrons. The van der Waals surface area contributed by atoms with E-state index in [1.807, 2.05) is 63.4 Å². The maximum atomic E-state index is 13.4. The zero-order valence-electron chi connectivity index (χ0n) is 20.4. The van der Waals surface area contributed by atoms with Crippen molar-refractivity contribution in [3.8, 4) is 0 Å². The molecule has 0 radical (unpaired) electrons. The molecule has 6 nitrogen and oxygen atoms in total. The number of amides is 1. The van der Waals surface area contributed by atoms with Crippen LogP contribution in [0.1, 0.15) is 53.9 Å². The Kier molecular flexibility index (Phi) is 7.57. The summed E-state index contributed by atoms with van der Waals surface area (Å²) in [7, 11) is 0. The van der Waals surface area contributed by atoms with Crippen molar-refractivity contribution in [2.45, 2.75) is 56.3 Å².